The lowest BCUT2D eigenvalue weighted by atomic mass is 10.2. The Morgan fingerprint density at radius 1 is 1.29 bits per heavy atom. The van der Waals surface area contributed by atoms with Crippen LogP contribution in [0.5, 0.6) is 11.5 Å². The maximum Gasteiger partial charge on any atom is 0.410 e. The quantitative estimate of drug-likeness (QED) is 0.627. The third-order valence-electron chi connectivity index (χ3n) is 4.75. The van der Waals surface area contributed by atoms with E-state index in [0.29, 0.717) is 26.2 Å². The highest BCUT2D eigenvalue weighted by Gasteiger charge is 2.36. The minimum absolute atomic E-state index is 0. The number of fused-ring (bicyclic) bond motifs is 2. The van der Waals surface area contributed by atoms with Crippen LogP contribution in [0, 0.1) is 0 Å². The molecule has 9 heteroatoms. The molecular formula is C19H27IN4O4. The standard InChI is InChI=1S/C19H26N4O4.HI/c1-19(2,3)27-18(24)22-6-7-23-14(11-22)10-21-17(23)20-9-13-4-5-15-16(8-13)26-12-25-15;/h4-5,8,14H,6-7,9-12H2,1-3H3,(H,20,21);1H. The van der Waals surface area contributed by atoms with Gasteiger partial charge in [0.1, 0.15) is 5.60 Å². The first kappa shape index (κ1) is 20.8. The number of nitrogens with one attached hydrogen (secondary N) is 1. The summed E-state index contributed by atoms with van der Waals surface area (Å²) in [6.07, 6.45) is -0.246. The van der Waals surface area contributed by atoms with Gasteiger partial charge >= 0.3 is 6.09 Å². The zero-order valence-corrected chi connectivity index (χ0v) is 18.8. The molecule has 0 saturated carbocycles. The number of hydrogen-bond donors (Lipinski definition) is 1. The van der Waals surface area contributed by atoms with Crippen molar-refractivity contribution in [2.45, 2.75) is 39.0 Å². The van der Waals surface area contributed by atoms with Crippen molar-refractivity contribution in [2.75, 3.05) is 33.0 Å². The number of hydrogen-bond acceptors (Lipinski definition) is 7. The molecule has 0 spiro atoms. The smallest absolute Gasteiger partial charge is 0.410 e. The number of carbonyl (C=O) groups excluding carboxylic acids is 1. The van der Waals surface area contributed by atoms with Crippen LogP contribution in [0.15, 0.2) is 23.2 Å². The van der Waals surface area contributed by atoms with Gasteiger partial charge in [-0.1, -0.05) is 6.07 Å². The predicted octanol–water partition coefficient (Wildman–Crippen LogP) is 2.41. The third-order valence-corrected chi connectivity index (χ3v) is 4.75. The second-order valence-electron chi connectivity index (χ2n) is 7.98. The van der Waals surface area contributed by atoms with Gasteiger partial charge in [0.15, 0.2) is 17.5 Å². The van der Waals surface area contributed by atoms with Gasteiger partial charge in [-0.3, -0.25) is 4.99 Å². The molecule has 0 bridgehead atoms. The number of piperazine rings is 1. The highest BCUT2D eigenvalue weighted by molar-refractivity contribution is 14.0. The van der Waals surface area contributed by atoms with Crippen LogP contribution in [0.1, 0.15) is 26.3 Å². The molecule has 1 amide bonds. The summed E-state index contributed by atoms with van der Waals surface area (Å²) in [5, 5.41) is 3.42. The largest absolute Gasteiger partial charge is 0.454 e. The van der Waals surface area contributed by atoms with E-state index < -0.39 is 5.60 Å². The molecular weight excluding hydrogens is 475 g/mol. The van der Waals surface area contributed by atoms with E-state index in [9.17, 15) is 4.79 Å². The number of nitrogens with zero attached hydrogens (tertiary/aromatic N) is 3. The Kier molecular flexibility index (Phi) is 6.11. The lowest BCUT2D eigenvalue weighted by Gasteiger charge is -2.39. The fourth-order valence-electron chi connectivity index (χ4n) is 3.45. The van der Waals surface area contributed by atoms with Gasteiger partial charge in [-0.15, -0.1) is 24.0 Å². The van der Waals surface area contributed by atoms with Crippen LogP contribution in [-0.2, 0) is 11.3 Å². The molecule has 1 N–H and O–H groups in total. The fourth-order valence-corrected chi connectivity index (χ4v) is 3.45. The molecule has 1 aromatic rings. The summed E-state index contributed by atoms with van der Waals surface area (Å²) < 4.78 is 16.3. The van der Waals surface area contributed by atoms with E-state index in [1.165, 1.54) is 0 Å². The molecule has 28 heavy (non-hydrogen) atoms. The van der Waals surface area contributed by atoms with Crippen molar-refractivity contribution < 1.29 is 19.0 Å². The lowest BCUT2D eigenvalue weighted by molar-refractivity contribution is 0.0137. The predicted molar refractivity (Wildman–Crippen MR) is 115 cm³/mol. The number of guanidine groups is 1. The Labute approximate surface area is 182 Å². The van der Waals surface area contributed by atoms with Crippen LogP contribution in [0.4, 0.5) is 4.79 Å². The number of amides is 1. The second-order valence-corrected chi connectivity index (χ2v) is 7.98. The average Bonchev–Trinajstić information content (AvgIpc) is 3.24. The van der Waals surface area contributed by atoms with E-state index in [-0.39, 0.29) is 42.9 Å². The normalized spacial score (nSPS) is 20.2. The second kappa shape index (κ2) is 8.22. The Morgan fingerprint density at radius 2 is 2.07 bits per heavy atom. The Balaban J connectivity index is 0.00000225. The van der Waals surface area contributed by atoms with Gasteiger partial charge in [0.2, 0.25) is 6.79 Å². The van der Waals surface area contributed by atoms with Gasteiger partial charge in [0.25, 0.3) is 0 Å². The molecule has 1 fully saturated rings. The minimum Gasteiger partial charge on any atom is -0.454 e. The van der Waals surface area contributed by atoms with Crippen molar-refractivity contribution in [3.05, 3.63) is 23.8 Å². The number of rotatable bonds is 2. The van der Waals surface area contributed by atoms with Crippen molar-refractivity contribution in [1.82, 2.24) is 15.1 Å². The number of benzene rings is 1. The Bertz CT molecular complexity index is 765. The van der Waals surface area contributed by atoms with Crippen molar-refractivity contribution in [3.63, 3.8) is 0 Å². The van der Waals surface area contributed by atoms with Crippen LogP contribution in [0.25, 0.3) is 0 Å². The average molecular weight is 502 g/mol. The summed E-state index contributed by atoms with van der Waals surface area (Å²) >= 11 is 0. The van der Waals surface area contributed by atoms with Gasteiger partial charge in [-0.05, 0) is 38.5 Å². The summed E-state index contributed by atoms with van der Waals surface area (Å²) in [4.78, 5) is 21.0. The summed E-state index contributed by atoms with van der Waals surface area (Å²) in [5.41, 5.74) is 0.635. The maximum atomic E-state index is 12.3. The molecule has 3 heterocycles. The molecule has 3 aliphatic heterocycles. The lowest BCUT2D eigenvalue weighted by Crippen LogP contribution is -2.57. The number of aliphatic imine (C=N–C) groups is 1. The van der Waals surface area contributed by atoms with E-state index in [0.717, 1.165) is 29.6 Å². The monoisotopic (exact) mass is 502 g/mol. The molecule has 1 atom stereocenters. The maximum absolute atomic E-state index is 12.3. The zero-order valence-electron chi connectivity index (χ0n) is 16.4. The third kappa shape index (κ3) is 4.56. The molecule has 3 aliphatic rings. The molecule has 4 rings (SSSR count). The van der Waals surface area contributed by atoms with Gasteiger partial charge in [-0.25, -0.2) is 4.79 Å². The minimum atomic E-state index is -0.474. The Morgan fingerprint density at radius 3 is 2.86 bits per heavy atom. The van der Waals surface area contributed by atoms with Gasteiger partial charge < -0.3 is 29.3 Å². The highest BCUT2D eigenvalue weighted by Crippen LogP contribution is 2.32. The number of halogens is 1. The van der Waals surface area contributed by atoms with Crippen LogP contribution in [0.3, 0.4) is 0 Å². The molecule has 1 unspecified atom stereocenters. The molecule has 8 nitrogen and oxygen atoms in total. The van der Waals surface area contributed by atoms with Crippen LogP contribution >= 0.6 is 24.0 Å². The summed E-state index contributed by atoms with van der Waals surface area (Å²) in [6.45, 7) is 9.30. The molecule has 1 aromatic carbocycles. The summed E-state index contributed by atoms with van der Waals surface area (Å²) in [5.74, 6) is 2.46. The first-order chi connectivity index (χ1) is 12.9. The first-order valence-corrected chi connectivity index (χ1v) is 9.30. The fraction of sp³-hybridized carbons (Fsp3) is 0.579. The summed E-state index contributed by atoms with van der Waals surface area (Å²) in [6, 6.07) is 6.14. The van der Waals surface area contributed by atoms with E-state index >= 15 is 0 Å². The van der Waals surface area contributed by atoms with Crippen molar-refractivity contribution >= 4 is 36.0 Å². The van der Waals surface area contributed by atoms with Crippen LogP contribution in [0.2, 0.25) is 0 Å². The van der Waals surface area contributed by atoms with E-state index in [4.69, 9.17) is 14.2 Å². The SMILES string of the molecule is CC(C)(C)OC(=O)N1CCN2C(NCc3ccc4c(c3)OCO4)=NCC2C1.I. The molecule has 0 radical (unpaired) electrons. The van der Waals surface area contributed by atoms with Crippen molar-refractivity contribution in [3.8, 4) is 11.5 Å². The van der Waals surface area contributed by atoms with E-state index in [1.807, 2.05) is 39.0 Å². The van der Waals surface area contributed by atoms with Crippen molar-refractivity contribution in [2.24, 2.45) is 4.99 Å². The van der Waals surface area contributed by atoms with Gasteiger partial charge in [-0.2, -0.15) is 0 Å². The van der Waals surface area contributed by atoms with E-state index in [1.54, 1.807) is 4.90 Å². The molecule has 154 valence electrons. The van der Waals surface area contributed by atoms with E-state index in [2.05, 4.69) is 15.2 Å². The first-order valence-electron chi connectivity index (χ1n) is 9.30. The zero-order chi connectivity index (χ0) is 19.0. The summed E-state index contributed by atoms with van der Waals surface area (Å²) in [7, 11) is 0. The number of carbonyl (C=O) groups is 1. The number of ether oxygens (including phenoxy) is 3. The van der Waals surface area contributed by atoms with Crippen LogP contribution < -0.4 is 14.8 Å². The topological polar surface area (TPSA) is 75.6 Å². The van der Waals surface area contributed by atoms with Gasteiger partial charge in [0.05, 0.1) is 12.6 Å². The molecule has 1 saturated heterocycles. The Hall–Kier alpha value is -1.91. The highest BCUT2D eigenvalue weighted by atomic mass is 127. The van der Waals surface area contributed by atoms with Gasteiger partial charge in [0, 0.05) is 26.2 Å². The molecule has 0 aromatic heterocycles. The van der Waals surface area contributed by atoms with Crippen molar-refractivity contribution in [1.29, 1.82) is 0 Å². The molecule has 0 aliphatic carbocycles. The van der Waals surface area contributed by atoms with Crippen LogP contribution in [-0.4, -0.2) is 66.5 Å².